The second-order valence-corrected chi connectivity index (χ2v) is 10.2. The van der Waals surface area contributed by atoms with E-state index in [1.54, 1.807) is 29.2 Å². The molecule has 0 aliphatic rings. The number of rotatable bonds is 13. The minimum atomic E-state index is -0.790. The Balaban J connectivity index is 1.61. The summed E-state index contributed by atoms with van der Waals surface area (Å²) in [7, 11) is 2.05. The van der Waals surface area contributed by atoms with Crippen LogP contribution in [0.1, 0.15) is 41.0 Å². The summed E-state index contributed by atoms with van der Waals surface area (Å²) in [6, 6.07) is 35.4. The fourth-order valence-corrected chi connectivity index (χ4v) is 5.05. The Bertz CT molecular complexity index is 1310. The summed E-state index contributed by atoms with van der Waals surface area (Å²) in [5, 5.41) is 9.80. The van der Waals surface area contributed by atoms with Crippen molar-refractivity contribution in [1.29, 1.82) is 0 Å². The molecule has 40 heavy (non-hydrogen) atoms. The molecule has 4 aromatic rings. The van der Waals surface area contributed by atoms with Crippen LogP contribution in [0.5, 0.6) is 5.75 Å². The molecular formula is C34H37N3O3. The Kier molecular flexibility index (Phi) is 10.1. The molecule has 0 saturated heterocycles. The van der Waals surface area contributed by atoms with Crippen molar-refractivity contribution in [3.8, 4) is 5.75 Å². The van der Waals surface area contributed by atoms with Gasteiger partial charge in [0, 0.05) is 13.1 Å². The lowest BCUT2D eigenvalue weighted by Gasteiger charge is -2.34. The molecule has 206 valence electrons. The minimum absolute atomic E-state index is 0.140. The van der Waals surface area contributed by atoms with Crippen LogP contribution < -0.4 is 5.73 Å². The highest BCUT2D eigenvalue weighted by atomic mass is 16.3. The Morgan fingerprint density at radius 1 is 0.725 bits per heavy atom. The van der Waals surface area contributed by atoms with Gasteiger partial charge in [-0.15, -0.1) is 0 Å². The first-order chi connectivity index (χ1) is 19.4. The summed E-state index contributed by atoms with van der Waals surface area (Å²) in [6.45, 7) is 1.74. The van der Waals surface area contributed by atoms with Crippen molar-refractivity contribution in [1.82, 2.24) is 9.80 Å². The van der Waals surface area contributed by atoms with Crippen LogP contribution in [-0.2, 0) is 22.7 Å². The number of nitrogens with zero attached hydrogens (tertiary/aromatic N) is 2. The highest BCUT2D eigenvalue weighted by Crippen LogP contribution is 2.29. The maximum Gasteiger partial charge on any atom is 0.240 e. The predicted molar refractivity (Wildman–Crippen MR) is 158 cm³/mol. The molecule has 6 heteroatoms. The van der Waals surface area contributed by atoms with Crippen molar-refractivity contribution < 1.29 is 14.7 Å². The molecule has 0 bridgehead atoms. The fourth-order valence-electron chi connectivity index (χ4n) is 5.05. The number of aromatic hydroxyl groups is 1. The quantitative estimate of drug-likeness (QED) is 0.243. The van der Waals surface area contributed by atoms with Crippen molar-refractivity contribution in [2.75, 3.05) is 13.6 Å². The van der Waals surface area contributed by atoms with E-state index in [0.717, 1.165) is 29.8 Å². The van der Waals surface area contributed by atoms with Gasteiger partial charge in [-0.3, -0.25) is 9.59 Å². The van der Waals surface area contributed by atoms with Crippen molar-refractivity contribution in [2.45, 2.75) is 37.9 Å². The zero-order valence-electron chi connectivity index (χ0n) is 22.9. The fraction of sp³-hybridized carbons (Fsp3) is 0.235. The van der Waals surface area contributed by atoms with Crippen molar-refractivity contribution in [3.63, 3.8) is 0 Å². The Hall–Kier alpha value is -4.42. The topological polar surface area (TPSA) is 86.9 Å². The Morgan fingerprint density at radius 3 is 1.75 bits per heavy atom. The van der Waals surface area contributed by atoms with Gasteiger partial charge in [0.25, 0.3) is 0 Å². The van der Waals surface area contributed by atoms with E-state index in [4.69, 9.17) is 5.73 Å². The lowest BCUT2D eigenvalue weighted by Crippen LogP contribution is -2.49. The van der Waals surface area contributed by atoms with Gasteiger partial charge in [0.2, 0.25) is 11.8 Å². The van der Waals surface area contributed by atoms with Gasteiger partial charge in [0.05, 0.1) is 5.92 Å². The third kappa shape index (κ3) is 7.80. The summed E-state index contributed by atoms with van der Waals surface area (Å²) >= 11 is 0. The highest BCUT2D eigenvalue weighted by molar-refractivity contribution is 5.92. The van der Waals surface area contributed by atoms with E-state index in [9.17, 15) is 14.7 Å². The number of benzene rings is 4. The van der Waals surface area contributed by atoms with Gasteiger partial charge in [-0.1, -0.05) is 103 Å². The largest absolute Gasteiger partial charge is 0.508 e. The first-order valence-electron chi connectivity index (χ1n) is 13.6. The number of primary amides is 1. The van der Waals surface area contributed by atoms with E-state index < -0.39 is 17.9 Å². The number of nitrogens with two attached hydrogens (primary N) is 1. The summed E-state index contributed by atoms with van der Waals surface area (Å²) in [5.74, 6) is -1.17. The van der Waals surface area contributed by atoms with Gasteiger partial charge in [-0.2, -0.15) is 0 Å². The molecule has 0 aliphatic carbocycles. The minimum Gasteiger partial charge on any atom is -0.508 e. The second kappa shape index (κ2) is 14.1. The molecule has 0 aromatic heterocycles. The van der Waals surface area contributed by atoms with Crippen LogP contribution in [0.3, 0.4) is 0 Å². The van der Waals surface area contributed by atoms with E-state index in [1.807, 2.05) is 85.9 Å². The van der Waals surface area contributed by atoms with Crippen molar-refractivity contribution in [2.24, 2.45) is 5.73 Å². The van der Waals surface area contributed by atoms with Crippen LogP contribution in [0.4, 0.5) is 0 Å². The van der Waals surface area contributed by atoms with Gasteiger partial charge < -0.3 is 20.6 Å². The number of hydrogen-bond donors (Lipinski definition) is 2. The van der Waals surface area contributed by atoms with Gasteiger partial charge in [0.15, 0.2) is 0 Å². The third-order valence-electron chi connectivity index (χ3n) is 7.10. The molecule has 0 saturated carbocycles. The molecule has 0 fully saturated rings. The second-order valence-electron chi connectivity index (χ2n) is 10.2. The average Bonchev–Trinajstić information content (AvgIpc) is 2.97. The van der Waals surface area contributed by atoms with Crippen LogP contribution in [0.2, 0.25) is 0 Å². The summed E-state index contributed by atoms with van der Waals surface area (Å²) in [5.41, 5.74) is 9.70. The van der Waals surface area contributed by atoms with E-state index in [2.05, 4.69) is 17.0 Å². The summed E-state index contributed by atoms with van der Waals surface area (Å²) in [6.07, 6.45) is 1.13. The zero-order chi connectivity index (χ0) is 28.3. The van der Waals surface area contributed by atoms with E-state index in [1.165, 1.54) is 5.56 Å². The number of amides is 2. The van der Waals surface area contributed by atoms with E-state index in [-0.39, 0.29) is 18.2 Å². The van der Waals surface area contributed by atoms with Crippen LogP contribution in [0.25, 0.3) is 0 Å². The van der Waals surface area contributed by atoms with Gasteiger partial charge >= 0.3 is 0 Å². The number of phenolic OH excluding ortho intramolecular Hbond substituents is 1. The number of hydrogen-bond acceptors (Lipinski definition) is 4. The lowest BCUT2D eigenvalue weighted by atomic mass is 9.89. The normalized spacial score (nSPS) is 11.9. The summed E-state index contributed by atoms with van der Waals surface area (Å²) < 4.78 is 0. The van der Waals surface area contributed by atoms with Crippen LogP contribution >= 0.6 is 0 Å². The highest BCUT2D eigenvalue weighted by Gasteiger charge is 2.34. The Labute approximate surface area is 236 Å². The monoisotopic (exact) mass is 535 g/mol. The SMILES string of the molecule is CN(CCC[C@@H](C(N)=O)N(Cc1ccc(O)cc1)C(=O)C(c1ccccc1)c1ccccc1)Cc1ccccc1. The molecule has 3 N–H and O–H groups in total. The molecule has 0 radical (unpaired) electrons. The molecule has 0 heterocycles. The molecule has 4 aromatic carbocycles. The molecule has 1 atom stereocenters. The standard InChI is InChI=1S/C34H37N3O3/c1-36(24-26-12-5-2-6-13-26)23-11-18-31(33(35)39)37(25-27-19-21-30(38)22-20-27)34(40)32(28-14-7-3-8-15-28)29-16-9-4-10-17-29/h2-10,12-17,19-22,31-32,38H,11,18,23-25H2,1H3,(H2,35,39)/t31-/m0/s1. The average molecular weight is 536 g/mol. The maximum absolute atomic E-state index is 14.5. The number of phenols is 1. The van der Waals surface area contributed by atoms with Crippen molar-refractivity contribution >= 4 is 11.8 Å². The molecule has 0 aliphatic heterocycles. The first kappa shape index (κ1) is 28.6. The van der Waals surface area contributed by atoms with Gasteiger partial charge in [-0.25, -0.2) is 0 Å². The van der Waals surface area contributed by atoms with Crippen LogP contribution in [0, 0.1) is 0 Å². The predicted octanol–water partition coefficient (Wildman–Crippen LogP) is 5.32. The van der Waals surface area contributed by atoms with Gasteiger partial charge in [-0.05, 0) is 60.8 Å². The smallest absolute Gasteiger partial charge is 0.240 e. The molecule has 0 spiro atoms. The molecule has 6 nitrogen and oxygen atoms in total. The molecular weight excluding hydrogens is 498 g/mol. The summed E-state index contributed by atoms with van der Waals surface area (Å²) in [4.78, 5) is 31.2. The molecule has 0 unspecified atom stereocenters. The lowest BCUT2D eigenvalue weighted by molar-refractivity contribution is -0.141. The van der Waals surface area contributed by atoms with Crippen LogP contribution in [-0.4, -0.2) is 46.4 Å². The van der Waals surface area contributed by atoms with Crippen molar-refractivity contribution in [3.05, 3.63) is 138 Å². The number of carbonyl (C=O) groups is 2. The maximum atomic E-state index is 14.5. The first-order valence-corrected chi connectivity index (χ1v) is 13.6. The third-order valence-corrected chi connectivity index (χ3v) is 7.10. The Morgan fingerprint density at radius 2 is 1.23 bits per heavy atom. The molecule has 4 rings (SSSR count). The zero-order valence-corrected chi connectivity index (χ0v) is 22.9. The number of carbonyl (C=O) groups excluding carboxylic acids is 2. The van der Waals surface area contributed by atoms with Crippen LogP contribution in [0.15, 0.2) is 115 Å². The van der Waals surface area contributed by atoms with E-state index >= 15 is 0 Å². The molecule has 2 amide bonds. The van der Waals surface area contributed by atoms with Gasteiger partial charge in [0.1, 0.15) is 11.8 Å². The van der Waals surface area contributed by atoms with E-state index in [0.29, 0.717) is 12.8 Å².